The standard InChI is InChI=1S/C15H16N2O2S2/c1-8-5-10(6-16-7-20)9(2)11-12(8)17-13(14(11)21-4)15(18)19-3/h5,17H,6H2,1-4H3. The summed E-state index contributed by atoms with van der Waals surface area (Å²) in [6, 6.07) is 2.06. The average molecular weight is 320 g/mol. The third-order valence-corrected chi connectivity index (χ3v) is 4.45. The summed E-state index contributed by atoms with van der Waals surface area (Å²) in [6.07, 6.45) is 1.95. The van der Waals surface area contributed by atoms with Crippen molar-refractivity contribution in [2.45, 2.75) is 25.3 Å². The van der Waals surface area contributed by atoms with Gasteiger partial charge in [0.2, 0.25) is 0 Å². The molecule has 2 aromatic rings. The Morgan fingerprint density at radius 1 is 1.52 bits per heavy atom. The molecule has 0 bridgehead atoms. The molecule has 2 rings (SSSR count). The van der Waals surface area contributed by atoms with E-state index < -0.39 is 0 Å². The fourth-order valence-electron chi connectivity index (χ4n) is 2.47. The number of nitrogens with one attached hydrogen (secondary N) is 1. The van der Waals surface area contributed by atoms with Crippen LogP contribution in [-0.4, -0.2) is 29.5 Å². The number of hydrogen-bond donors (Lipinski definition) is 1. The molecule has 0 aliphatic heterocycles. The first-order valence-electron chi connectivity index (χ1n) is 6.35. The number of aromatic amines is 1. The zero-order valence-corrected chi connectivity index (χ0v) is 14.0. The highest BCUT2D eigenvalue weighted by atomic mass is 32.2. The maximum atomic E-state index is 11.9. The molecule has 1 aromatic carbocycles. The van der Waals surface area contributed by atoms with E-state index in [1.54, 1.807) is 0 Å². The number of nitrogens with zero attached hydrogens (tertiary/aromatic N) is 1. The molecule has 0 atom stereocenters. The number of hydrogen-bond acceptors (Lipinski definition) is 5. The summed E-state index contributed by atoms with van der Waals surface area (Å²) in [7, 11) is 1.39. The number of aliphatic imine (C=N–C) groups is 1. The summed E-state index contributed by atoms with van der Waals surface area (Å²) in [5.41, 5.74) is 4.72. The van der Waals surface area contributed by atoms with Crippen LogP contribution < -0.4 is 0 Å². The van der Waals surface area contributed by atoms with Crippen molar-refractivity contribution in [3.8, 4) is 0 Å². The van der Waals surface area contributed by atoms with Crippen molar-refractivity contribution in [3.63, 3.8) is 0 Å². The third kappa shape index (κ3) is 2.75. The second kappa shape index (κ2) is 6.43. The number of ether oxygens (including phenoxy) is 1. The minimum Gasteiger partial charge on any atom is -0.464 e. The van der Waals surface area contributed by atoms with Gasteiger partial charge in [0, 0.05) is 10.3 Å². The van der Waals surface area contributed by atoms with Crippen LogP contribution in [0.5, 0.6) is 0 Å². The highest BCUT2D eigenvalue weighted by Gasteiger charge is 2.21. The van der Waals surface area contributed by atoms with Crippen LogP contribution in [0, 0.1) is 13.8 Å². The number of isothiocyanates is 1. The van der Waals surface area contributed by atoms with E-state index in [1.165, 1.54) is 18.9 Å². The van der Waals surface area contributed by atoms with Crippen molar-refractivity contribution in [3.05, 3.63) is 28.5 Å². The molecule has 110 valence electrons. The van der Waals surface area contributed by atoms with E-state index in [-0.39, 0.29) is 5.97 Å². The molecule has 0 spiro atoms. The Labute approximate surface area is 133 Å². The van der Waals surface area contributed by atoms with Crippen LogP contribution in [0.3, 0.4) is 0 Å². The van der Waals surface area contributed by atoms with Gasteiger partial charge >= 0.3 is 5.97 Å². The van der Waals surface area contributed by atoms with Gasteiger partial charge in [-0.05, 0) is 49.0 Å². The first kappa shape index (κ1) is 15.8. The summed E-state index contributed by atoms with van der Waals surface area (Å²) in [5.74, 6) is -0.354. The maximum Gasteiger partial charge on any atom is 0.355 e. The number of H-pyrrole nitrogens is 1. The van der Waals surface area contributed by atoms with E-state index in [0.29, 0.717) is 12.2 Å². The summed E-state index contributed by atoms with van der Waals surface area (Å²) in [5, 5.41) is 3.45. The number of methoxy groups -OCH3 is 1. The van der Waals surface area contributed by atoms with E-state index in [2.05, 4.69) is 33.4 Å². The quantitative estimate of drug-likeness (QED) is 0.402. The van der Waals surface area contributed by atoms with Crippen molar-refractivity contribution >= 4 is 46.0 Å². The minimum absolute atomic E-state index is 0.354. The molecule has 1 N–H and O–H groups in total. The molecule has 0 saturated carbocycles. The summed E-state index contributed by atoms with van der Waals surface area (Å²) in [4.78, 5) is 20.1. The number of benzene rings is 1. The number of aromatic nitrogens is 1. The lowest BCUT2D eigenvalue weighted by Gasteiger charge is -2.08. The first-order valence-corrected chi connectivity index (χ1v) is 7.99. The molecule has 1 heterocycles. The Balaban J connectivity index is 2.80. The molecule has 0 radical (unpaired) electrons. The van der Waals surface area contributed by atoms with Gasteiger partial charge in [-0.25, -0.2) is 9.79 Å². The first-order chi connectivity index (χ1) is 10.0. The number of rotatable bonds is 4. The number of fused-ring (bicyclic) bond motifs is 1. The van der Waals surface area contributed by atoms with Crippen molar-refractivity contribution in [2.24, 2.45) is 4.99 Å². The van der Waals surface area contributed by atoms with E-state index in [0.717, 1.165) is 32.5 Å². The highest BCUT2D eigenvalue weighted by molar-refractivity contribution is 7.99. The topological polar surface area (TPSA) is 54.5 Å². The molecular formula is C15H16N2O2S2. The van der Waals surface area contributed by atoms with Gasteiger partial charge in [-0.3, -0.25) is 0 Å². The molecule has 4 nitrogen and oxygen atoms in total. The summed E-state index contributed by atoms with van der Waals surface area (Å²) in [6.45, 7) is 4.54. The van der Waals surface area contributed by atoms with Gasteiger partial charge < -0.3 is 9.72 Å². The van der Waals surface area contributed by atoms with Gasteiger partial charge in [0.15, 0.2) is 0 Å². The van der Waals surface area contributed by atoms with Crippen LogP contribution in [0.2, 0.25) is 0 Å². The largest absolute Gasteiger partial charge is 0.464 e. The Bertz CT molecular complexity index is 759. The van der Waals surface area contributed by atoms with Gasteiger partial charge in [0.05, 0.1) is 24.3 Å². The molecular weight excluding hydrogens is 304 g/mol. The van der Waals surface area contributed by atoms with Crippen molar-refractivity contribution < 1.29 is 9.53 Å². The van der Waals surface area contributed by atoms with E-state index >= 15 is 0 Å². The van der Waals surface area contributed by atoms with E-state index in [9.17, 15) is 4.79 Å². The zero-order chi connectivity index (χ0) is 15.6. The molecule has 0 unspecified atom stereocenters. The van der Waals surface area contributed by atoms with Crippen molar-refractivity contribution in [2.75, 3.05) is 13.4 Å². The van der Waals surface area contributed by atoms with Crippen molar-refractivity contribution in [1.29, 1.82) is 0 Å². The zero-order valence-electron chi connectivity index (χ0n) is 12.4. The second-order valence-electron chi connectivity index (χ2n) is 4.66. The van der Waals surface area contributed by atoms with Crippen LogP contribution in [-0.2, 0) is 11.3 Å². The predicted molar refractivity (Wildman–Crippen MR) is 89.6 cm³/mol. The second-order valence-corrected chi connectivity index (χ2v) is 5.66. The van der Waals surface area contributed by atoms with Crippen LogP contribution in [0.25, 0.3) is 10.9 Å². The average Bonchev–Trinajstić information content (AvgIpc) is 2.88. The lowest BCUT2D eigenvalue weighted by molar-refractivity contribution is 0.0591. The number of carbonyl (C=O) groups excluding carboxylic acids is 1. The van der Waals surface area contributed by atoms with E-state index in [4.69, 9.17) is 4.74 Å². The monoisotopic (exact) mass is 320 g/mol. The van der Waals surface area contributed by atoms with Crippen LogP contribution in [0.1, 0.15) is 27.2 Å². The molecule has 0 aliphatic rings. The molecule has 6 heteroatoms. The van der Waals surface area contributed by atoms with E-state index in [1.807, 2.05) is 20.1 Å². The van der Waals surface area contributed by atoms with Gasteiger partial charge in [-0.2, -0.15) is 0 Å². The highest BCUT2D eigenvalue weighted by Crippen LogP contribution is 2.36. The van der Waals surface area contributed by atoms with Gasteiger partial charge in [0.1, 0.15) is 5.69 Å². The van der Waals surface area contributed by atoms with Crippen LogP contribution in [0.15, 0.2) is 16.0 Å². The SMILES string of the molecule is COC(=O)c1[nH]c2c(C)cc(CN=C=S)c(C)c2c1SC. The molecule has 0 amide bonds. The molecule has 0 fully saturated rings. The fraction of sp³-hybridized carbons (Fsp3) is 0.333. The van der Waals surface area contributed by atoms with Gasteiger partial charge in [0.25, 0.3) is 0 Å². The number of carbonyl (C=O) groups is 1. The minimum atomic E-state index is -0.354. The van der Waals surface area contributed by atoms with Gasteiger partial charge in [-0.1, -0.05) is 6.07 Å². The maximum absolute atomic E-state index is 11.9. The summed E-state index contributed by atoms with van der Waals surface area (Å²) < 4.78 is 4.86. The van der Waals surface area contributed by atoms with Crippen LogP contribution in [0.4, 0.5) is 0 Å². The Morgan fingerprint density at radius 2 is 2.24 bits per heavy atom. The lowest BCUT2D eigenvalue weighted by atomic mass is 10.0. The normalized spacial score (nSPS) is 10.5. The smallest absolute Gasteiger partial charge is 0.355 e. The molecule has 0 saturated heterocycles. The lowest BCUT2D eigenvalue weighted by Crippen LogP contribution is -2.02. The fourth-order valence-corrected chi connectivity index (χ4v) is 3.33. The third-order valence-electron chi connectivity index (χ3n) is 3.50. The van der Waals surface area contributed by atoms with Gasteiger partial charge in [-0.15, -0.1) is 11.8 Å². The number of thiocarbonyl (C=S) groups is 1. The molecule has 1 aromatic heterocycles. The Kier molecular flexibility index (Phi) is 4.83. The van der Waals surface area contributed by atoms with Crippen molar-refractivity contribution in [1.82, 2.24) is 4.98 Å². The molecule has 21 heavy (non-hydrogen) atoms. The van der Waals surface area contributed by atoms with Crippen LogP contribution >= 0.6 is 24.0 Å². The predicted octanol–water partition coefficient (Wildman–Crippen LogP) is 3.90. The Morgan fingerprint density at radius 3 is 2.81 bits per heavy atom. The molecule has 0 aliphatic carbocycles. The number of esters is 1. The number of aryl methyl sites for hydroxylation is 2. The Hall–Kier alpha value is -1.62. The number of thioether (sulfide) groups is 1. The summed E-state index contributed by atoms with van der Waals surface area (Å²) >= 11 is 6.17.